The number of carbonyl (C=O) groups excluding carboxylic acids is 1. The van der Waals surface area contributed by atoms with Crippen LogP contribution in [0.15, 0.2) is 11.1 Å². The van der Waals surface area contributed by atoms with Crippen LogP contribution in [0.25, 0.3) is 11.2 Å². The minimum atomic E-state index is -3.53. The zero-order valence-electron chi connectivity index (χ0n) is 14.8. The first kappa shape index (κ1) is 20.6. The quantitative estimate of drug-likeness (QED) is 0.460. The van der Waals surface area contributed by atoms with Crippen molar-refractivity contribution in [2.45, 2.75) is 38.5 Å². The summed E-state index contributed by atoms with van der Waals surface area (Å²) in [6.07, 6.45) is -4.95. The number of amides is 1. The fourth-order valence-corrected chi connectivity index (χ4v) is 3.22. The van der Waals surface area contributed by atoms with Crippen molar-refractivity contribution < 1.29 is 33.0 Å². The van der Waals surface area contributed by atoms with Gasteiger partial charge in [-0.25, -0.2) is 9.37 Å². The van der Waals surface area contributed by atoms with Crippen LogP contribution in [0, 0.1) is 5.92 Å². The van der Waals surface area contributed by atoms with Crippen LogP contribution in [0.1, 0.15) is 20.1 Å². The summed E-state index contributed by atoms with van der Waals surface area (Å²) in [5, 5.41) is 11.7. The molecule has 4 N–H and O–H groups in total. The molecule has 1 fully saturated rings. The summed E-state index contributed by atoms with van der Waals surface area (Å²) in [6, 6.07) is 0. The van der Waals surface area contributed by atoms with Crippen molar-refractivity contribution in [2.24, 2.45) is 5.92 Å². The molecule has 2 aromatic heterocycles. The summed E-state index contributed by atoms with van der Waals surface area (Å²) in [5.74, 6) is -0.920. The van der Waals surface area contributed by atoms with Crippen molar-refractivity contribution in [3.05, 3.63) is 16.7 Å². The second kappa shape index (κ2) is 8.05. The van der Waals surface area contributed by atoms with Crippen LogP contribution in [0.4, 0.5) is 10.3 Å². The van der Waals surface area contributed by atoms with Crippen molar-refractivity contribution in [3.63, 3.8) is 0 Å². The molecular weight excluding hydrogens is 400 g/mol. The van der Waals surface area contributed by atoms with Gasteiger partial charge in [0.2, 0.25) is 11.9 Å². The molecule has 0 aromatic carbocycles. The number of aromatic amines is 1. The van der Waals surface area contributed by atoms with Crippen LogP contribution >= 0.6 is 8.25 Å². The molecule has 5 atom stereocenters. The minimum Gasteiger partial charge on any atom is -0.394 e. The van der Waals surface area contributed by atoms with Gasteiger partial charge in [-0.05, 0) is 0 Å². The van der Waals surface area contributed by atoms with Crippen molar-refractivity contribution >= 4 is 31.3 Å². The lowest BCUT2D eigenvalue weighted by Gasteiger charge is -2.19. The zero-order chi connectivity index (χ0) is 20.6. The minimum absolute atomic E-state index is 0.0650. The van der Waals surface area contributed by atoms with E-state index in [1.54, 1.807) is 13.8 Å². The number of ether oxygens (including phenoxy) is 1. The predicted molar refractivity (Wildman–Crippen MR) is 93.6 cm³/mol. The van der Waals surface area contributed by atoms with Crippen LogP contribution in [-0.2, 0) is 18.6 Å². The molecule has 3 rings (SSSR count). The number of alkyl halides is 1. The summed E-state index contributed by atoms with van der Waals surface area (Å²) in [6.45, 7) is 2.61. The number of anilines is 1. The average Bonchev–Trinajstić information content (AvgIpc) is 3.16. The van der Waals surface area contributed by atoms with Gasteiger partial charge in [0.1, 0.15) is 12.2 Å². The summed E-state index contributed by atoms with van der Waals surface area (Å²) in [5.41, 5.74) is -0.848. The molecule has 0 aliphatic carbocycles. The number of carbonyl (C=O) groups is 1. The van der Waals surface area contributed by atoms with Gasteiger partial charge in [-0.3, -0.25) is 33.5 Å². The molecule has 28 heavy (non-hydrogen) atoms. The monoisotopic (exact) mass is 419 g/mol. The van der Waals surface area contributed by atoms with Gasteiger partial charge in [-0.2, -0.15) is 4.98 Å². The van der Waals surface area contributed by atoms with Gasteiger partial charge in [0, 0.05) is 5.92 Å². The molecule has 0 bridgehead atoms. The van der Waals surface area contributed by atoms with Gasteiger partial charge in [0.25, 0.3) is 5.56 Å². The van der Waals surface area contributed by atoms with Gasteiger partial charge in [-0.15, -0.1) is 0 Å². The van der Waals surface area contributed by atoms with E-state index in [0.717, 1.165) is 10.9 Å². The number of nitrogens with one attached hydrogen (secondary N) is 2. The second-order valence-electron chi connectivity index (χ2n) is 6.42. The number of aliphatic hydroxyl groups excluding tert-OH is 1. The van der Waals surface area contributed by atoms with E-state index in [-0.39, 0.29) is 23.0 Å². The molecule has 154 valence electrons. The van der Waals surface area contributed by atoms with E-state index in [0.29, 0.717) is 0 Å². The molecule has 0 saturated carbocycles. The third kappa shape index (κ3) is 3.84. The van der Waals surface area contributed by atoms with Gasteiger partial charge in [0.05, 0.1) is 12.9 Å². The number of H-pyrrole nitrogens is 1. The number of imidazole rings is 1. The average molecular weight is 419 g/mol. The van der Waals surface area contributed by atoms with Crippen LogP contribution in [0.3, 0.4) is 0 Å². The van der Waals surface area contributed by atoms with Crippen molar-refractivity contribution in [3.8, 4) is 0 Å². The lowest BCUT2D eigenvalue weighted by Crippen LogP contribution is -2.30. The smallest absolute Gasteiger partial charge is 0.317 e. The summed E-state index contributed by atoms with van der Waals surface area (Å²) in [7, 11) is -3.53. The number of aliphatic hydroxyl groups is 1. The number of hydrogen-bond donors (Lipinski definition) is 4. The van der Waals surface area contributed by atoms with Crippen LogP contribution < -0.4 is 10.9 Å². The molecule has 12 nitrogen and oxygen atoms in total. The van der Waals surface area contributed by atoms with Crippen LogP contribution in [-0.4, -0.2) is 60.4 Å². The van der Waals surface area contributed by atoms with Crippen molar-refractivity contribution in [1.82, 2.24) is 19.5 Å². The van der Waals surface area contributed by atoms with Gasteiger partial charge < -0.3 is 14.7 Å². The summed E-state index contributed by atoms with van der Waals surface area (Å²) >= 11 is 0. The topological polar surface area (TPSA) is 169 Å². The Hall–Kier alpha value is -2.18. The molecule has 1 unspecified atom stereocenters. The largest absolute Gasteiger partial charge is 0.394 e. The molecule has 1 amide bonds. The van der Waals surface area contributed by atoms with E-state index in [1.165, 1.54) is 0 Å². The first-order valence-electron chi connectivity index (χ1n) is 8.30. The van der Waals surface area contributed by atoms with Crippen molar-refractivity contribution in [2.75, 3.05) is 11.9 Å². The van der Waals surface area contributed by atoms with E-state index in [9.17, 15) is 23.7 Å². The standard InChI is InChI=1S/C14H19FN5O7P/c1-5(2)11(22)18-14-17-10-8(12(23)19-14)16-4-20(10)13-9(27-28(24)25)7(15)6(3-21)26-13/h4-7,9,13,21,28H,3H2,1-2H3,(H,24,25)(H2,17,18,19,22,23)/t6-,7-,9-,13-/m1/s1. The molecule has 0 radical (unpaired) electrons. The third-order valence-corrected chi connectivity index (χ3v) is 4.63. The maximum Gasteiger partial charge on any atom is 0.317 e. The highest BCUT2D eigenvalue weighted by atomic mass is 31.1. The molecule has 1 aliphatic heterocycles. The molecule has 14 heteroatoms. The molecule has 0 spiro atoms. The third-order valence-electron chi connectivity index (χ3n) is 4.15. The fraction of sp³-hybridized carbons (Fsp3) is 0.571. The number of hydrogen-bond acceptors (Lipinski definition) is 8. The number of halogens is 1. The molecule has 1 aliphatic rings. The van der Waals surface area contributed by atoms with E-state index >= 15 is 0 Å². The Kier molecular flexibility index (Phi) is 5.91. The van der Waals surface area contributed by atoms with E-state index < -0.39 is 50.9 Å². The van der Waals surface area contributed by atoms with Crippen LogP contribution in [0.2, 0.25) is 0 Å². The molecule has 1 saturated heterocycles. The Balaban J connectivity index is 2.04. The Morgan fingerprint density at radius 2 is 2.29 bits per heavy atom. The first-order chi connectivity index (χ1) is 13.2. The first-order valence-corrected chi connectivity index (χ1v) is 9.57. The molecule has 3 heterocycles. The second-order valence-corrected chi connectivity index (χ2v) is 7.19. The SMILES string of the molecule is CC(C)C(=O)Nc1nc2c(ncn2[C@@H]2O[C@H](CO)[C@@H](F)[C@H]2O[PH](=O)O)c(=O)[nH]1. The molecular formula is C14H19FN5O7P. The highest BCUT2D eigenvalue weighted by Crippen LogP contribution is 2.39. The highest BCUT2D eigenvalue weighted by molar-refractivity contribution is 7.32. The lowest BCUT2D eigenvalue weighted by atomic mass is 10.1. The Morgan fingerprint density at radius 1 is 1.57 bits per heavy atom. The highest BCUT2D eigenvalue weighted by Gasteiger charge is 2.48. The summed E-state index contributed by atoms with van der Waals surface area (Å²) in [4.78, 5) is 43.5. The number of rotatable bonds is 6. The fourth-order valence-electron chi connectivity index (χ4n) is 2.74. The summed E-state index contributed by atoms with van der Waals surface area (Å²) < 4.78 is 36.8. The van der Waals surface area contributed by atoms with Gasteiger partial charge in [0.15, 0.2) is 23.6 Å². The number of fused-ring (bicyclic) bond motifs is 1. The van der Waals surface area contributed by atoms with E-state index in [4.69, 9.17) is 14.2 Å². The number of nitrogens with zero attached hydrogens (tertiary/aromatic N) is 3. The number of aromatic nitrogens is 4. The van der Waals surface area contributed by atoms with Gasteiger partial charge in [-0.1, -0.05) is 13.8 Å². The lowest BCUT2D eigenvalue weighted by molar-refractivity contribution is -0.118. The van der Waals surface area contributed by atoms with Crippen LogP contribution in [0.5, 0.6) is 0 Å². The van der Waals surface area contributed by atoms with E-state index in [1.807, 2.05) is 0 Å². The maximum absolute atomic E-state index is 14.5. The zero-order valence-corrected chi connectivity index (χ0v) is 15.8. The Bertz CT molecular complexity index is 963. The normalized spacial score (nSPS) is 26.1. The predicted octanol–water partition coefficient (Wildman–Crippen LogP) is -0.291. The Labute approximate surface area is 157 Å². The molecule has 2 aromatic rings. The van der Waals surface area contributed by atoms with Crippen molar-refractivity contribution in [1.29, 1.82) is 0 Å². The van der Waals surface area contributed by atoms with Gasteiger partial charge >= 0.3 is 8.25 Å². The maximum atomic E-state index is 14.5. The Morgan fingerprint density at radius 3 is 2.89 bits per heavy atom. The van der Waals surface area contributed by atoms with E-state index in [2.05, 4.69) is 20.3 Å².